The molecule has 1 saturated heterocycles. The number of hydrogen-bond donors (Lipinski definition) is 2. The number of carbonyl (C=O) groups is 2. The third-order valence-corrected chi connectivity index (χ3v) is 9.86. The van der Waals surface area contributed by atoms with Gasteiger partial charge in [0.2, 0.25) is 11.8 Å². The number of ether oxygens (including phenoxy) is 1. The van der Waals surface area contributed by atoms with Gasteiger partial charge in [-0.25, -0.2) is 0 Å². The summed E-state index contributed by atoms with van der Waals surface area (Å²) in [5, 5.41) is 12.9. The van der Waals surface area contributed by atoms with Crippen LogP contribution in [0.3, 0.4) is 0 Å². The second-order valence-electron chi connectivity index (χ2n) is 11.2. The number of benzene rings is 3. The van der Waals surface area contributed by atoms with Crippen molar-refractivity contribution in [3.63, 3.8) is 0 Å². The van der Waals surface area contributed by atoms with E-state index in [1.165, 1.54) is 18.2 Å². The largest absolute Gasteiger partial charge is 0.497 e. The Labute approximate surface area is 247 Å². The SMILES string of the molecule is COc1ccc(CCNC(=O)[C@@]2(Sc3ccc(C)cc3)CC(=O)N(C3CCCCC3)[C@@H]2c2ccc(CO)cc2)cc1. The second kappa shape index (κ2) is 13.1. The highest BCUT2D eigenvalue weighted by Gasteiger charge is 2.59. The highest BCUT2D eigenvalue weighted by atomic mass is 32.2. The summed E-state index contributed by atoms with van der Waals surface area (Å²) in [7, 11) is 1.65. The molecule has 0 bridgehead atoms. The topological polar surface area (TPSA) is 78.9 Å². The van der Waals surface area contributed by atoms with E-state index in [9.17, 15) is 14.7 Å². The van der Waals surface area contributed by atoms with Gasteiger partial charge in [0.25, 0.3) is 0 Å². The first-order valence-corrected chi connectivity index (χ1v) is 15.4. The van der Waals surface area contributed by atoms with Crippen molar-refractivity contribution in [3.05, 3.63) is 95.1 Å². The number of carbonyl (C=O) groups excluding carboxylic acids is 2. The quantitative estimate of drug-likeness (QED) is 0.312. The summed E-state index contributed by atoms with van der Waals surface area (Å²) in [4.78, 5) is 31.4. The normalized spacial score (nSPS) is 21.2. The number of hydrogen-bond acceptors (Lipinski definition) is 5. The minimum atomic E-state index is -1.04. The summed E-state index contributed by atoms with van der Waals surface area (Å²) in [6, 6.07) is 23.6. The van der Waals surface area contributed by atoms with Crippen LogP contribution < -0.4 is 10.1 Å². The van der Waals surface area contributed by atoms with Gasteiger partial charge in [-0.3, -0.25) is 9.59 Å². The maximum atomic E-state index is 14.4. The monoisotopic (exact) mass is 572 g/mol. The molecule has 7 heteroatoms. The molecule has 1 aliphatic carbocycles. The molecule has 2 aliphatic rings. The lowest BCUT2D eigenvalue weighted by atomic mass is 9.88. The van der Waals surface area contributed by atoms with E-state index in [4.69, 9.17) is 4.74 Å². The molecule has 2 atom stereocenters. The fourth-order valence-corrected chi connectivity index (χ4v) is 7.63. The number of thioether (sulfide) groups is 1. The zero-order chi connectivity index (χ0) is 28.8. The van der Waals surface area contributed by atoms with Crippen LogP contribution in [0, 0.1) is 6.92 Å². The smallest absolute Gasteiger partial charge is 0.239 e. The summed E-state index contributed by atoms with van der Waals surface area (Å²) in [6.07, 6.45) is 6.11. The molecule has 2 N–H and O–H groups in total. The van der Waals surface area contributed by atoms with Gasteiger partial charge in [0.05, 0.1) is 26.2 Å². The average molecular weight is 573 g/mol. The van der Waals surface area contributed by atoms with Crippen molar-refractivity contribution in [1.82, 2.24) is 10.2 Å². The first-order valence-electron chi connectivity index (χ1n) is 14.6. The van der Waals surface area contributed by atoms with Crippen LogP contribution in [-0.2, 0) is 22.6 Å². The molecule has 1 saturated carbocycles. The number of likely N-dealkylation sites (tertiary alicyclic amines) is 1. The first kappa shape index (κ1) is 29.2. The van der Waals surface area contributed by atoms with E-state index < -0.39 is 10.8 Å². The van der Waals surface area contributed by atoms with Crippen molar-refractivity contribution in [2.75, 3.05) is 13.7 Å². The van der Waals surface area contributed by atoms with Crippen molar-refractivity contribution in [2.45, 2.75) is 80.2 Å². The third-order valence-electron chi connectivity index (χ3n) is 8.43. The Bertz CT molecular complexity index is 1320. The first-order chi connectivity index (χ1) is 19.9. The van der Waals surface area contributed by atoms with Gasteiger partial charge < -0.3 is 20.1 Å². The molecule has 0 radical (unpaired) electrons. The number of amides is 2. The number of aliphatic hydroxyl groups is 1. The standard InChI is InChI=1S/C34H40N2O4S/c1-24-8-18-30(19-9-24)41-34(33(39)35-21-20-25-12-16-29(40-2)17-13-25)22-31(38)36(28-6-4-3-5-7-28)32(34)27-14-10-26(23-37)11-15-27/h8-19,28,32,37H,3-7,20-23H2,1-2H3,(H,35,39)/t32-,34-/m1/s1. The van der Waals surface area contributed by atoms with Gasteiger partial charge in [-0.1, -0.05) is 73.4 Å². The molecule has 5 rings (SSSR count). The lowest BCUT2D eigenvalue weighted by Gasteiger charge is -2.41. The summed E-state index contributed by atoms with van der Waals surface area (Å²) >= 11 is 1.51. The molecule has 0 unspecified atom stereocenters. The van der Waals surface area contributed by atoms with E-state index in [-0.39, 0.29) is 30.9 Å². The Morgan fingerprint density at radius 2 is 1.63 bits per heavy atom. The summed E-state index contributed by atoms with van der Waals surface area (Å²) in [6.45, 7) is 2.46. The van der Waals surface area contributed by atoms with Gasteiger partial charge in [0, 0.05) is 17.5 Å². The molecule has 3 aromatic carbocycles. The molecular formula is C34H40N2O4S. The van der Waals surface area contributed by atoms with Gasteiger partial charge in [-0.05, 0) is 67.1 Å². The molecule has 216 valence electrons. The van der Waals surface area contributed by atoms with Crippen molar-refractivity contribution in [2.24, 2.45) is 0 Å². The molecular weight excluding hydrogens is 532 g/mol. The number of nitrogens with zero attached hydrogens (tertiary/aromatic N) is 1. The molecule has 0 aromatic heterocycles. The van der Waals surface area contributed by atoms with Gasteiger partial charge in [0.15, 0.2) is 0 Å². The van der Waals surface area contributed by atoms with Crippen molar-refractivity contribution < 1.29 is 19.4 Å². The Balaban J connectivity index is 1.51. The molecule has 2 amide bonds. The zero-order valence-electron chi connectivity index (χ0n) is 24.0. The van der Waals surface area contributed by atoms with Gasteiger partial charge in [-0.15, -0.1) is 11.8 Å². The van der Waals surface area contributed by atoms with Crippen LogP contribution in [0.5, 0.6) is 5.75 Å². The van der Waals surface area contributed by atoms with E-state index in [2.05, 4.69) is 17.4 Å². The Kier molecular flexibility index (Phi) is 9.35. The van der Waals surface area contributed by atoms with Crippen molar-refractivity contribution in [1.29, 1.82) is 0 Å². The number of aliphatic hydroxyl groups excluding tert-OH is 1. The fourth-order valence-electron chi connectivity index (χ4n) is 6.21. The fraction of sp³-hybridized carbons (Fsp3) is 0.412. The van der Waals surface area contributed by atoms with E-state index >= 15 is 0 Å². The van der Waals surface area contributed by atoms with Crippen molar-refractivity contribution in [3.8, 4) is 5.75 Å². The predicted octanol–water partition coefficient (Wildman–Crippen LogP) is 5.99. The van der Waals surface area contributed by atoms with Crippen molar-refractivity contribution >= 4 is 23.6 Å². The summed E-state index contributed by atoms with van der Waals surface area (Å²) in [5.74, 6) is 0.728. The van der Waals surface area contributed by atoms with Crippen LogP contribution in [0.2, 0.25) is 0 Å². The number of aryl methyl sites for hydroxylation is 1. The predicted molar refractivity (Wildman–Crippen MR) is 163 cm³/mol. The van der Waals surface area contributed by atoms with E-state index in [1.807, 2.05) is 72.5 Å². The lowest BCUT2D eigenvalue weighted by molar-refractivity contribution is -0.132. The highest BCUT2D eigenvalue weighted by Crippen LogP contribution is 2.54. The molecule has 1 heterocycles. The van der Waals surface area contributed by atoms with E-state index in [0.717, 1.165) is 58.6 Å². The lowest BCUT2D eigenvalue weighted by Crippen LogP contribution is -2.50. The maximum absolute atomic E-state index is 14.4. The molecule has 6 nitrogen and oxygen atoms in total. The highest BCUT2D eigenvalue weighted by molar-refractivity contribution is 8.01. The number of nitrogens with one attached hydrogen (secondary N) is 1. The third kappa shape index (κ3) is 6.47. The Morgan fingerprint density at radius 3 is 2.27 bits per heavy atom. The molecule has 1 aliphatic heterocycles. The summed E-state index contributed by atoms with van der Waals surface area (Å²) in [5.41, 5.74) is 4.00. The molecule has 2 fully saturated rings. The number of rotatable bonds is 10. The van der Waals surface area contributed by atoms with Gasteiger partial charge >= 0.3 is 0 Å². The van der Waals surface area contributed by atoms with Gasteiger partial charge in [0.1, 0.15) is 10.5 Å². The Hall–Kier alpha value is -3.29. The molecule has 3 aromatic rings. The molecule has 0 spiro atoms. The van der Waals surface area contributed by atoms with E-state index in [1.54, 1.807) is 7.11 Å². The maximum Gasteiger partial charge on any atom is 0.239 e. The minimum Gasteiger partial charge on any atom is -0.497 e. The van der Waals surface area contributed by atoms with Gasteiger partial charge in [-0.2, -0.15) is 0 Å². The zero-order valence-corrected chi connectivity index (χ0v) is 24.8. The average Bonchev–Trinajstić information content (AvgIpc) is 3.31. The van der Waals surface area contributed by atoms with E-state index in [0.29, 0.717) is 13.0 Å². The van der Waals surface area contributed by atoms with Crippen LogP contribution >= 0.6 is 11.8 Å². The van der Waals surface area contributed by atoms with Crippen LogP contribution in [0.25, 0.3) is 0 Å². The van der Waals surface area contributed by atoms with Crippen LogP contribution in [0.4, 0.5) is 0 Å². The second-order valence-corrected chi connectivity index (χ2v) is 12.6. The minimum absolute atomic E-state index is 0.0399. The number of methoxy groups -OCH3 is 1. The van der Waals surface area contributed by atoms with Crippen LogP contribution in [-0.4, -0.2) is 46.3 Å². The van der Waals surface area contributed by atoms with Crippen LogP contribution in [0.15, 0.2) is 77.7 Å². The Morgan fingerprint density at radius 1 is 0.976 bits per heavy atom. The van der Waals surface area contributed by atoms with Crippen LogP contribution in [0.1, 0.15) is 66.8 Å². The molecule has 41 heavy (non-hydrogen) atoms. The summed E-state index contributed by atoms with van der Waals surface area (Å²) < 4.78 is 4.23.